The highest BCUT2D eigenvalue weighted by atomic mass is 32.1. The number of H-pyrrole nitrogens is 1. The lowest BCUT2D eigenvalue weighted by molar-refractivity contribution is -0.0951. The third-order valence-corrected chi connectivity index (χ3v) is 4.31. The Labute approximate surface area is 130 Å². The van der Waals surface area contributed by atoms with Gasteiger partial charge in [-0.25, -0.2) is 9.78 Å². The first-order valence-electron chi connectivity index (χ1n) is 6.87. The molecule has 1 aliphatic rings. The molecule has 1 fully saturated rings. The molecule has 112 valence electrons. The fourth-order valence-electron chi connectivity index (χ4n) is 2.22. The highest BCUT2D eigenvalue weighted by Gasteiger charge is 2.23. The summed E-state index contributed by atoms with van der Waals surface area (Å²) in [5.41, 5.74) is 2.78. The average molecular weight is 315 g/mol. The maximum Gasteiger partial charge on any atom is 0.414 e. The molecule has 1 aromatic carbocycles. The fourth-order valence-corrected chi connectivity index (χ4v) is 2.95. The molecule has 2 aromatic heterocycles. The molecule has 0 saturated carbocycles. The van der Waals surface area contributed by atoms with Crippen LogP contribution in [0.15, 0.2) is 35.7 Å². The molecule has 1 amide bonds. The third kappa shape index (κ3) is 2.56. The lowest BCUT2D eigenvalue weighted by Gasteiger charge is -2.25. The summed E-state index contributed by atoms with van der Waals surface area (Å²) in [6.45, 7) is 0.912. The second kappa shape index (κ2) is 5.43. The maximum atomic E-state index is 11.7. The van der Waals surface area contributed by atoms with Crippen LogP contribution in [-0.4, -0.2) is 35.4 Å². The second-order valence-electron chi connectivity index (χ2n) is 4.98. The molecule has 0 radical (unpaired) electrons. The molecule has 3 heterocycles. The number of hydrogen-bond donors (Lipinski definition) is 2. The Balaban J connectivity index is 1.53. The molecule has 22 heavy (non-hydrogen) atoms. The van der Waals surface area contributed by atoms with Crippen molar-refractivity contribution in [2.45, 2.75) is 6.10 Å². The van der Waals surface area contributed by atoms with Gasteiger partial charge in [0.25, 0.3) is 0 Å². The number of imidazole rings is 1. The molecule has 0 bridgehead atoms. The van der Waals surface area contributed by atoms with Gasteiger partial charge in [0.05, 0.1) is 24.2 Å². The van der Waals surface area contributed by atoms with Crippen molar-refractivity contribution >= 4 is 34.4 Å². The van der Waals surface area contributed by atoms with Crippen molar-refractivity contribution in [2.24, 2.45) is 0 Å². The minimum Gasteiger partial charge on any atom is -0.441 e. The lowest BCUT2D eigenvalue weighted by atomic mass is 10.2. The minimum atomic E-state index is -0.522. The number of aromatic amines is 1. The number of carbonyl (C=O) groups excluding carboxylic acids is 1. The first-order chi connectivity index (χ1) is 10.8. The Bertz CT molecular complexity index is 809. The molecule has 3 aromatic rings. The predicted octanol–water partition coefficient (Wildman–Crippen LogP) is 3.24. The standard InChI is InChI=1S/C15H13N3O3S/c19-15(21-10-7-20-8-10)18-14-16-11-4-3-9(6-12(11)17-14)13-2-1-5-22-13/h1-6,10H,7-8H2,(H2,16,17,18,19). The van der Waals surface area contributed by atoms with Gasteiger partial charge in [-0.1, -0.05) is 12.1 Å². The van der Waals surface area contributed by atoms with Crippen LogP contribution in [0.5, 0.6) is 0 Å². The van der Waals surface area contributed by atoms with E-state index < -0.39 is 6.09 Å². The zero-order valence-corrected chi connectivity index (χ0v) is 12.4. The zero-order valence-electron chi connectivity index (χ0n) is 11.5. The number of ether oxygens (including phenoxy) is 2. The van der Waals surface area contributed by atoms with E-state index in [2.05, 4.69) is 21.4 Å². The van der Waals surface area contributed by atoms with Gasteiger partial charge in [-0.2, -0.15) is 0 Å². The number of aromatic nitrogens is 2. The molecule has 4 rings (SSSR count). The molecule has 1 aliphatic heterocycles. The van der Waals surface area contributed by atoms with E-state index in [1.54, 1.807) is 11.3 Å². The van der Waals surface area contributed by atoms with Crippen molar-refractivity contribution in [1.82, 2.24) is 9.97 Å². The van der Waals surface area contributed by atoms with E-state index in [0.29, 0.717) is 19.2 Å². The number of hydrogen-bond acceptors (Lipinski definition) is 5. The Kier molecular flexibility index (Phi) is 3.28. The summed E-state index contributed by atoms with van der Waals surface area (Å²) in [7, 11) is 0. The Hall–Kier alpha value is -2.38. The van der Waals surface area contributed by atoms with Gasteiger partial charge in [0, 0.05) is 4.88 Å². The van der Waals surface area contributed by atoms with Crippen LogP contribution < -0.4 is 5.32 Å². The van der Waals surface area contributed by atoms with Gasteiger partial charge in [-0.15, -0.1) is 11.3 Å². The van der Waals surface area contributed by atoms with E-state index in [1.165, 1.54) is 4.88 Å². The Morgan fingerprint density at radius 1 is 1.41 bits per heavy atom. The topological polar surface area (TPSA) is 76.2 Å². The summed E-state index contributed by atoms with van der Waals surface area (Å²) in [6.07, 6.45) is -0.680. The van der Waals surface area contributed by atoms with E-state index >= 15 is 0 Å². The van der Waals surface area contributed by atoms with E-state index in [4.69, 9.17) is 9.47 Å². The molecular formula is C15H13N3O3S. The molecule has 7 heteroatoms. The SMILES string of the molecule is O=C(Nc1nc2ccc(-c3cccs3)cc2[nH]1)OC1COC1. The first kappa shape index (κ1) is 13.3. The molecule has 1 saturated heterocycles. The van der Waals surface area contributed by atoms with Gasteiger partial charge >= 0.3 is 6.09 Å². The second-order valence-corrected chi connectivity index (χ2v) is 5.93. The van der Waals surface area contributed by atoms with Gasteiger partial charge in [-0.3, -0.25) is 5.32 Å². The summed E-state index contributed by atoms with van der Waals surface area (Å²) >= 11 is 1.68. The molecular weight excluding hydrogens is 302 g/mol. The van der Waals surface area contributed by atoms with E-state index in [0.717, 1.165) is 16.6 Å². The lowest BCUT2D eigenvalue weighted by Crippen LogP contribution is -2.39. The minimum absolute atomic E-state index is 0.158. The van der Waals surface area contributed by atoms with Gasteiger partial charge < -0.3 is 14.5 Å². The van der Waals surface area contributed by atoms with Crippen molar-refractivity contribution in [3.8, 4) is 10.4 Å². The average Bonchev–Trinajstić information content (AvgIpc) is 3.10. The van der Waals surface area contributed by atoms with Crippen LogP contribution in [0.3, 0.4) is 0 Å². The fraction of sp³-hybridized carbons (Fsp3) is 0.200. The summed E-state index contributed by atoms with van der Waals surface area (Å²) in [5, 5.41) is 4.65. The van der Waals surface area contributed by atoms with Crippen LogP contribution in [0.2, 0.25) is 0 Å². The Morgan fingerprint density at radius 2 is 2.32 bits per heavy atom. The number of fused-ring (bicyclic) bond motifs is 1. The molecule has 0 unspecified atom stereocenters. The summed E-state index contributed by atoms with van der Waals surface area (Å²) in [4.78, 5) is 20.3. The molecule has 0 aliphatic carbocycles. The van der Waals surface area contributed by atoms with Crippen LogP contribution in [0.1, 0.15) is 0 Å². The van der Waals surface area contributed by atoms with Crippen molar-refractivity contribution in [3.63, 3.8) is 0 Å². The number of anilines is 1. The molecule has 2 N–H and O–H groups in total. The van der Waals surface area contributed by atoms with Crippen LogP contribution >= 0.6 is 11.3 Å². The highest BCUT2D eigenvalue weighted by Crippen LogP contribution is 2.27. The quantitative estimate of drug-likeness (QED) is 0.778. The van der Waals surface area contributed by atoms with Gasteiger partial charge in [-0.05, 0) is 29.1 Å². The number of thiophene rings is 1. The number of nitrogens with zero attached hydrogens (tertiary/aromatic N) is 1. The van der Waals surface area contributed by atoms with Crippen molar-refractivity contribution in [3.05, 3.63) is 35.7 Å². The smallest absolute Gasteiger partial charge is 0.414 e. The van der Waals surface area contributed by atoms with E-state index in [1.807, 2.05) is 29.6 Å². The number of rotatable bonds is 3. The van der Waals surface area contributed by atoms with Crippen LogP contribution in [0.25, 0.3) is 21.5 Å². The molecule has 0 spiro atoms. The largest absolute Gasteiger partial charge is 0.441 e. The van der Waals surface area contributed by atoms with Gasteiger partial charge in [0.2, 0.25) is 5.95 Å². The molecule has 6 nitrogen and oxygen atoms in total. The normalized spacial score (nSPS) is 14.7. The van der Waals surface area contributed by atoms with E-state index in [9.17, 15) is 4.79 Å². The zero-order chi connectivity index (χ0) is 14.9. The predicted molar refractivity (Wildman–Crippen MR) is 84.1 cm³/mol. The van der Waals surface area contributed by atoms with E-state index in [-0.39, 0.29) is 6.10 Å². The third-order valence-electron chi connectivity index (χ3n) is 3.39. The summed E-state index contributed by atoms with van der Waals surface area (Å²) in [5.74, 6) is 0.378. The number of nitrogens with one attached hydrogen (secondary N) is 2. The number of amides is 1. The molecule has 0 atom stereocenters. The van der Waals surface area contributed by atoms with Crippen molar-refractivity contribution in [1.29, 1.82) is 0 Å². The van der Waals surface area contributed by atoms with Crippen LogP contribution in [0, 0.1) is 0 Å². The first-order valence-corrected chi connectivity index (χ1v) is 7.75. The van der Waals surface area contributed by atoms with Gasteiger partial charge in [0.1, 0.15) is 0 Å². The highest BCUT2D eigenvalue weighted by molar-refractivity contribution is 7.13. The van der Waals surface area contributed by atoms with Crippen molar-refractivity contribution < 1.29 is 14.3 Å². The number of carbonyl (C=O) groups is 1. The Morgan fingerprint density at radius 3 is 3.05 bits per heavy atom. The summed E-state index contributed by atoms with van der Waals surface area (Å²) in [6, 6.07) is 10.0. The summed E-state index contributed by atoms with van der Waals surface area (Å²) < 4.78 is 10.1. The van der Waals surface area contributed by atoms with Crippen LogP contribution in [-0.2, 0) is 9.47 Å². The number of benzene rings is 1. The van der Waals surface area contributed by atoms with Crippen molar-refractivity contribution in [2.75, 3.05) is 18.5 Å². The van der Waals surface area contributed by atoms with Gasteiger partial charge in [0.15, 0.2) is 6.10 Å². The van der Waals surface area contributed by atoms with Crippen LogP contribution in [0.4, 0.5) is 10.7 Å². The maximum absolute atomic E-state index is 11.7. The monoisotopic (exact) mass is 315 g/mol.